The number of likely N-dealkylation sites (N-methyl/N-ethyl adjacent to an activating group) is 1. The highest BCUT2D eigenvalue weighted by Crippen LogP contribution is 2.30. The van der Waals surface area contributed by atoms with Crippen LogP contribution in [0.2, 0.25) is 0 Å². The maximum Gasteiger partial charge on any atom is 0.266 e. The van der Waals surface area contributed by atoms with Gasteiger partial charge in [0.05, 0.1) is 0 Å². The van der Waals surface area contributed by atoms with Crippen LogP contribution in [0.5, 0.6) is 5.75 Å². The summed E-state index contributed by atoms with van der Waals surface area (Å²) >= 11 is 4.79. The third-order valence-electron chi connectivity index (χ3n) is 4.31. The molecule has 0 N–H and O–H groups in total. The summed E-state index contributed by atoms with van der Waals surface area (Å²) in [5.41, 5.74) is 3.16. The van der Waals surface area contributed by atoms with E-state index in [4.69, 9.17) is 4.74 Å². The third kappa shape index (κ3) is 4.77. The zero-order valence-electron chi connectivity index (χ0n) is 16.3. The molecule has 0 saturated carbocycles. The molecule has 0 aliphatic carbocycles. The van der Waals surface area contributed by atoms with E-state index >= 15 is 0 Å². The molecule has 7 heteroatoms. The molecule has 0 fully saturated rings. The minimum absolute atomic E-state index is 0.0487. The summed E-state index contributed by atoms with van der Waals surface area (Å²) in [6.07, 6.45) is 0. The Hall–Kier alpha value is -2.25. The minimum atomic E-state index is -0.172. The van der Waals surface area contributed by atoms with Crippen molar-refractivity contribution in [3.63, 3.8) is 0 Å². The Morgan fingerprint density at radius 2 is 1.89 bits per heavy atom. The maximum absolute atomic E-state index is 12.6. The van der Waals surface area contributed by atoms with Crippen molar-refractivity contribution < 1.29 is 9.53 Å². The smallest absolute Gasteiger partial charge is 0.266 e. The lowest BCUT2D eigenvalue weighted by Gasteiger charge is -2.17. The fraction of sp³-hybridized carbons (Fsp3) is 0.286. The van der Waals surface area contributed by atoms with Gasteiger partial charge in [-0.15, -0.1) is 10.2 Å². The van der Waals surface area contributed by atoms with Gasteiger partial charge >= 0.3 is 0 Å². The summed E-state index contributed by atoms with van der Waals surface area (Å²) in [5, 5.41) is 9.67. The number of amides is 1. The van der Waals surface area contributed by atoms with E-state index in [2.05, 4.69) is 52.1 Å². The average molecular weight is 460 g/mol. The third-order valence-corrected chi connectivity index (χ3v) is 5.89. The summed E-state index contributed by atoms with van der Waals surface area (Å²) in [5.74, 6) is 0.902. The van der Waals surface area contributed by atoms with Crippen LogP contribution >= 0.6 is 27.3 Å². The lowest BCUT2D eigenvalue weighted by atomic mass is 10.0. The first-order chi connectivity index (χ1) is 13.3. The molecule has 146 valence electrons. The predicted octanol–water partition coefficient (Wildman–Crippen LogP) is 5.44. The molecule has 0 bridgehead atoms. The molecule has 0 unspecified atom stereocenters. The normalized spacial score (nSPS) is 10.9. The second-order valence-electron chi connectivity index (χ2n) is 6.83. The highest BCUT2D eigenvalue weighted by atomic mass is 79.9. The lowest BCUT2D eigenvalue weighted by Crippen LogP contribution is -2.31. The van der Waals surface area contributed by atoms with Crippen LogP contribution in [0.4, 0.5) is 5.13 Å². The van der Waals surface area contributed by atoms with Crippen molar-refractivity contribution in [2.75, 3.05) is 18.6 Å². The number of aryl methyl sites for hydroxylation is 1. The average Bonchev–Trinajstić information content (AvgIpc) is 3.16. The molecule has 0 aliphatic rings. The molecular weight excluding hydrogens is 438 g/mol. The lowest BCUT2D eigenvalue weighted by molar-refractivity contribution is -0.120. The van der Waals surface area contributed by atoms with Crippen molar-refractivity contribution in [1.82, 2.24) is 10.2 Å². The number of carbonyl (C=O) groups is 1. The van der Waals surface area contributed by atoms with Crippen LogP contribution in [-0.2, 0) is 4.79 Å². The minimum Gasteiger partial charge on any atom is -0.483 e. The van der Waals surface area contributed by atoms with Crippen LogP contribution in [0.15, 0.2) is 46.9 Å². The van der Waals surface area contributed by atoms with Crippen LogP contribution in [-0.4, -0.2) is 29.8 Å². The van der Waals surface area contributed by atoms with Gasteiger partial charge in [-0.25, -0.2) is 0 Å². The largest absolute Gasteiger partial charge is 0.483 e. The van der Waals surface area contributed by atoms with Gasteiger partial charge in [-0.1, -0.05) is 65.4 Å². The first-order valence-electron chi connectivity index (χ1n) is 8.94. The number of hydrogen-bond donors (Lipinski definition) is 0. The van der Waals surface area contributed by atoms with Crippen molar-refractivity contribution in [3.8, 4) is 16.3 Å². The quantitative estimate of drug-likeness (QED) is 0.492. The first kappa shape index (κ1) is 20.5. The van der Waals surface area contributed by atoms with Gasteiger partial charge in [-0.05, 0) is 42.2 Å². The van der Waals surface area contributed by atoms with Gasteiger partial charge in [-0.2, -0.15) is 0 Å². The number of ether oxygens (including phenoxy) is 1. The van der Waals surface area contributed by atoms with Crippen LogP contribution in [0.1, 0.15) is 30.9 Å². The molecule has 28 heavy (non-hydrogen) atoms. The van der Waals surface area contributed by atoms with Crippen molar-refractivity contribution in [2.45, 2.75) is 26.7 Å². The highest BCUT2D eigenvalue weighted by Gasteiger charge is 2.18. The second-order valence-corrected chi connectivity index (χ2v) is 8.71. The van der Waals surface area contributed by atoms with Crippen LogP contribution in [0, 0.1) is 6.92 Å². The Bertz CT molecular complexity index is 970. The molecule has 0 aliphatic heterocycles. The number of carbonyl (C=O) groups excluding carboxylic acids is 1. The highest BCUT2D eigenvalue weighted by molar-refractivity contribution is 9.10. The molecule has 1 amide bonds. The first-order valence-corrected chi connectivity index (χ1v) is 10.6. The van der Waals surface area contributed by atoms with Gasteiger partial charge < -0.3 is 4.74 Å². The fourth-order valence-electron chi connectivity index (χ4n) is 2.65. The molecule has 0 saturated heterocycles. The van der Waals surface area contributed by atoms with Crippen molar-refractivity contribution >= 4 is 38.3 Å². The van der Waals surface area contributed by atoms with E-state index in [1.807, 2.05) is 37.3 Å². The summed E-state index contributed by atoms with van der Waals surface area (Å²) < 4.78 is 6.85. The van der Waals surface area contributed by atoms with Gasteiger partial charge in [0.25, 0.3) is 5.91 Å². The Morgan fingerprint density at radius 3 is 2.57 bits per heavy atom. The van der Waals surface area contributed by atoms with Gasteiger partial charge in [0.15, 0.2) is 6.61 Å². The fourth-order valence-corrected chi connectivity index (χ4v) is 3.74. The predicted molar refractivity (Wildman–Crippen MR) is 117 cm³/mol. The zero-order chi connectivity index (χ0) is 20.3. The molecule has 0 spiro atoms. The van der Waals surface area contributed by atoms with E-state index in [1.165, 1.54) is 16.2 Å². The molecule has 0 atom stereocenters. The number of halogens is 1. The van der Waals surface area contributed by atoms with Crippen molar-refractivity contribution in [2.24, 2.45) is 0 Å². The van der Waals surface area contributed by atoms with Gasteiger partial charge in [0.1, 0.15) is 10.8 Å². The van der Waals surface area contributed by atoms with Gasteiger partial charge in [-0.3, -0.25) is 9.69 Å². The van der Waals surface area contributed by atoms with E-state index < -0.39 is 0 Å². The van der Waals surface area contributed by atoms with Crippen molar-refractivity contribution in [1.29, 1.82) is 0 Å². The van der Waals surface area contributed by atoms with Crippen LogP contribution in [0.3, 0.4) is 0 Å². The SMILES string of the molecule is Cc1ccc(C(C)C)c(OCC(=O)N(C)c2nnc(-c3ccc(Br)cc3)s2)c1. The molecule has 5 nitrogen and oxygen atoms in total. The maximum atomic E-state index is 12.6. The van der Waals surface area contributed by atoms with E-state index in [-0.39, 0.29) is 12.5 Å². The number of anilines is 1. The van der Waals surface area contributed by atoms with Gasteiger partial charge in [0.2, 0.25) is 5.13 Å². The molecule has 0 radical (unpaired) electrons. The second kappa shape index (κ2) is 8.84. The van der Waals surface area contributed by atoms with E-state index in [1.54, 1.807) is 7.05 Å². The number of aromatic nitrogens is 2. The summed E-state index contributed by atoms with van der Waals surface area (Å²) in [7, 11) is 1.69. The monoisotopic (exact) mass is 459 g/mol. The number of benzene rings is 2. The van der Waals surface area contributed by atoms with Crippen LogP contribution in [0.25, 0.3) is 10.6 Å². The molecule has 1 aromatic heterocycles. The molecular formula is C21H22BrN3O2S. The zero-order valence-corrected chi connectivity index (χ0v) is 18.7. The van der Waals surface area contributed by atoms with E-state index in [0.29, 0.717) is 11.0 Å². The number of rotatable bonds is 6. The summed E-state index contributed by atoms with van der Waals surface area (Å²) in [6.45, 7) is 6.18. The molecule has 1 heterocycles. The number of hydrogen-bond acceptors (Lipinski definition) is 5. The topological polar surface area (TPSA) is 55.3 Å². The Morgan fingerprint density at radius 1 is 1.18 bits per heavy atom. The van der Waals surface area contributed by atoms with Crippen molar-refractivity contribution in [3.05, 3.63) is 58.1 Å². The number of nitrogens with zero attached hydrogens (tertiary/aromatic N) is 3. The van der Waals surface area contributed by atoms with E-state index in [0.717, 1.165) is 31.9 Å². The van der Waals surface area contributed by atoms with E-state index in [9.17, 15) is 4.79 Å². The molecule has 2 aromatic carbocycles. The Labute approximate surface area is 177 Å². The Balaban J connectivity index is 1.69. The summed E-state index contributed by atoms with van der Waals surface area (Å²) in [6, 6.07) is 13.9. The van der Waals surface area contributed by atoms with Gasteiger partial charge in [0, 0.05) is 17.1 Å². The molecule has 3 rings (SSSR count). The molecule has 3 aromatic rings. The Kier molecular flexibility index (Phi) is 6.46. The standard InChI is InChI=1S/C21H22BrN3O2S/c1-13(2)17-10-5-14(3)11-18(17)27-12-19(26)25(4)21-24-23-20(28-21)15-6-8-16(22)9-7-15/h5-11,13H,12H2,1-4H3. The summed E-state index contributed by atoms with van der Waals surface area (Å²) in [4.78, 5) is 14.1. The van der Waals surface area contributed by atoms with Crippen LogP contribution < -0.4 is 9.64 Å².